The van der Waals surface area contributed by atoms with Crippen LogP contribution in [-0.2, 0) is 0 Å². The average Bonchev–Trinajstić information content (AvgIpc) is 2.57. The molecule has 0 aliphatic rings. The molecule has 5 nitrogen and oxygen atoms in total. The number of nitrogens with one attached hydrogen (secondary N) is 2. The lowest BCUT2D eigenvalue weighted by atomic mass is 10.1. The van der Waals surface area contributed by atoms with Crippen LogP contribution >= 0.6 is 0 Å². The monoisotopic (exact) mass is 315 g/mol. The molecule has 0 spiro atoms. The number of aromatic nitrogens is 1. The maximum atomic E-state index is 8.78. The van der Waals surface area contributed by atoms with Crippen LogP contribution in [0, 0.1) is 11.5 Å². The van der Waals surface area contributed by atoms with E-state index in [-0.39, 0.29) is 0 Å². The summed E-state index contributed by atoms with van der Waals surface area (Å²) < 4.78 is 0. The van der Waals surface area contributed by atoms with E-state index < -0.39 is 0 Å². The van der Waals surface area contributed by atoms with E-state index in [4.69, 9.17) is 5.26 Å². The Hall–Kier alpha value is -2.09. The van der Waals surface area contributed by atoms with Crippen LogP contribution in [0.1, 0.15) is 64.7 Å². The predicted octanol–water partition coefficient (Wildman–Crippen LogP) is 4.26. The summed E-state index contributed by atoms with van der Waals surface area (Å²) in [5.41, 5.74) is 0.775. The topological polar surface area (TPSA) is 73.1 Å². The van der Waals surface area contributed by atoms with Crippen molar-refractivity contribution in [3.8, 4) is 6.19 Å². The smallest absolute Gasteiger partial charge is 0.209 e. The van der Waals surface area contributed by atoms with Crippen molar-refractivity contribution in [3.63, 3.8) is 0 Å². The molecule has 1 aromatic heterocycles. The van der Waals surface area contributed by atoms with Crippen molar-refractivity contribution in [3.05, 3.63) is 24.5 Å². The molecular weight excluding hydrogens is 286 g/mol. The Morgan fingerprint density at radius 2 is 1.65 bits per heavy atom. The van der Waals surface area contributed by atoms with Gasteiger partial charge in [0, 0.05) is 18.9 Å². The van der Waals surface area contributed by atoms with Crippen molar-refractivity contribution >= 4 is 11.6 Å². The molecule has 0 atom stereocenters. The van der Waals surface area contributed by atoms with Crippen molar-refractivity contribution in [1.29, 1.82) is 5.26 Å². The number of guanidine groups is 1. The molecule has 0 aliphatic heterocycles. The number of hydrogen-bond acceptors (Lipinski definition) is 3. The van der Waals surface area contributed by atoms with E-state index in [2.05, 4.69) is 27.5 Å². The van der Waals surface area contributed by atoms with Gasteiger partial charge in [-0.3, -0.25) is 10.3 Å². The van der Waals surface area contributed by atoms with E-state index in [1.165, 1.54) is 51.4 Å². The van der Waals surface area contributed by atoms with Gasteiger partial charge in [-0.2, -0.15) is 5.26 Å². The predicted molar refractivity (Wildman–Crippen MR) is 95.3 cm³/mol. The quantitative estimate of drug-likeness (QED) is 0.210. The second kappa shape index (κ2) is 13.6. The Balaban J connectivity index is 2.12. The Labute approximate surface area is 140 Å². The van der Waals surface area contributed by atoms with Crippen molar-refractivity contribution < 1.29 is 0 Å². The fraction of sp³-hybridized carbons (Fsp3) is 0.611. The highest BCUT2D eigenvalue weighted by Gasteiger charge is 1.98. The highest BCUT2D eigenvalue weighted by molar-refractivity contribution is 5.83. The maximum Gasteiger partial charge on any atom is 0.209 e. The first-order valence-electron chi connectivity index (χ1n) is 8.74. The number of nitrogens with zero attached hydrogens (tertiary/aromatic N) is 3. The molecule has 0 bridgehead atoms. The minimum Gasteiger partial charge on any atom is -0.355 e. The van der Waals surface area contributed by atoms with Gasteiger partial charge in [-0.1, -0.05) is 58.3 Å². The molecule has 1 rings (SSSR count). The average molecular weight is 315 g/mol. The van der Waals surface area contributed by atoms with Gasteiger partial charge in [0.1, 0.15) is 0 Å². The summed E-state index contributed by atoms with van der Waals surface area (Å²) in [5.74, 6) is 0.498. The maximum absolute atomic E-state index is 8.78. The first-order chi connectivity index (χ1) is 11.4. The molecule has 0 saturated heterocycles. The van der Waals surface area contributed by atoms with E-state index in [1.807, 2.05) is 6.19 Å². The molecule has 0 aromatic carbocycles. The number of rotatable bonds is 11. The lowest BCUT2D eigenvalue weighted by Gasteiger charge is -2.08. The van der Waals surface area contributed by atoms with Crippen LogP contribution in [0.3, 0.4) is 0 Å². The molecule has 2 N–H and O–H groups in total. The normalized spacial score (nSPS) is 11.0. The SMILES string of the molecule is CCCCCCCCCCCNC(=Nc1ccncc1)NC#N. The van der Waals surface area contributed by atoms with Crippen LogP contribution in [0.4, 0.5) is 5.69 Å². The minimum absolute atomic E-state index is 0.498. The fourth-order valence-electron chi connectivity index (χ4n) is 2.35. The lowest BCUT2D eigenvalue weighted by Crippen LogP contribution is -2.34. The number of unbranched alkanes of at least 4 members (excludes halogenated alkanes) is 8. The van der Waals surface area contributed by atoms with Gasteiger partial charge in [-0.05, 0) is 18.6 Å². The third-order valence-electron chi connectivity index (χ3n) is 3.65. The second-order valence-electron chi connectivity index (χ2n) is 5.66. The number of pyridine rings is 1. The summed E-state index contributed by atoms with van der Waals surface area (Å²) in [7, 11) is 0. The standard InChI is InChI=1S/C18H29N5/c1-2-3-4-5-6-7-8-9-10-13-21-18(22-16-19)23-17-11-14-20-15-12-17/h11-12,14-15H,2-10,13H2,1H3,(H2,20,21,22,23). The van der Waals surface area contributed by atoms with Gasteiger partial charge < -0.3 is 5.32 Å². The third kappa shape index (κ3) is 10.3. The van der Waals surface area contributed by atoms with Crippen molar-refractivity contribution in [1.82, 2.24) is 15.6 Å². The molecule has 1 heterocycles. The summed E-state index contributed by atoms with van der Waals surface area (Å²) >= 11 is 0. The van der Waals surface area contributed by atoms with E-state index in [0.29, 0.717) is 5.96 Å². The summed E-state index contributed by atoms with van der Waals surface area (Å²) in [6.45, 7) is 3.08. The van der Waals surface area contributed by atoms with Crippen LogP contribution in [-0.4, -0.2) is 17.5 Å². The summed E-state index contributed by atoms with van der Waals surface area (Å²) in [6, 6.07) is 3.61. The highest BCUT2D eigenvalue weighted by Crippen LogP contribution is 2.09. The summed E-state index contributed by atoms with van der Waals surface area (Å²) in [4.78, 5) is 8.31. The minimum atomic E-state index is 0.498. The van der Waals surface area contributed by atoms with Gasteiger partial charge in [0.15, 0.2) is 6.19 Å². The molecule has 0 aliphatic carbocycles. The zero-order chi connectivity index (χ0) is 16.6. The van der Waals surface area contributed by atoms with Gasteiger partial charge in [0.2, 0.25) is 5.96 Å². The van der Waals surface area contributed by atoms with Crippen LogP contribution in [0.5, 0.6) is 0 Å². The second-order valence-corrected chi connectivity index (χ2v) is 5.66. The van der Waals surface area contributed by atoms with Crippen molar-refractivity contribution in [2.75, 3.05) is 6.54 Å². The molecular formula is C18H29N5. The molecule has 1 aromatic rings. The van der Waals surface area contributed by atoms with E-state index in [9.17, 15) is 0 Å². The summed E-state index contributed by atoms with van der Waals surface area (Å²) in [6.07, 6.45) is 17.0. The Bertz CT molecular complexity index is 464. The zero-order valence-corrected chi connectivity index (χ0v) is 14.2. The van der Waals surface area contributed by atoms with Crippen LogP contribution in [0.2, 0.25) is 0 Å². The van der Waals surface area contributed by atoms with E-state index in [1.54, 1.807) is 24.5 Å². The van der Waals surface area contributed by atoms with Crippen LogP contribution < -0.4 is 10.6 Å². The van der Waals surface area contributed by atoms with Crippen molar-refractivity contribution in [2.45, 2.75) is 64.7 Å². The molecule has 0 saturated carbocycles. The first kappa shape index (κ1) is 19.0. The third-order valence-corrected chi connectivity index (χ3v) is 3.65. The van der Waals surface area contributed by atoms with Gasteiger partial charge >= 0.3 is 0 Å². The molecule has 0 fully saturated rings. The molecule has 126 valence electrons. The largest absolute Gasteiger partial charge is 0.355 e. The molecule has 0 unspecified atom stereocenters. The van der Waals surface area contributed by atoms with Gasteiger partial charge in [-0.15, -0.1) is 0 Å². The van der Waals surface area contributed by atoms with Crippen LogP contribution in [0.15, 0.2) is 29.5 Å². The van der Waals surface area contributed by atoms with E-state index in [0.717, 1.165) is 18.7 Å². The molecule has 0 amide bonds. The van der Waals surface area contributed by atoms with Crippen LogP contribution in [0.25, 0.3) is 0 Å². The molecule has 5 heteroatoms. The Kier molecular flexibility index (Phi) is 11.2. The molecule has 23 heavy (non-hydrogen) atoms. The van der Waals surface area contributed by atoms with Gasteiger partial charge in [0.05, 0.1) is 5.69 Å². The zero-order valence-electron chi connectivity index (χ0n) is 14.2. The number of aliphatic imine (C=N–C) groups is 1. The highest BCUT2D eigenvalue weighted by atomic mass is 15.2. The fourth-order valence-corrected chi connectivity index (χ4v) is 2.35. The lowest BCUT2D eigenvalue weighted by molar-refractivity contribution is 0.562. The van der Waals surface area contributed by atoms with Gasteiger partial charge in [-0.25, -0.2) is 4.99 Å². The Morgan fingerprint density at radius 3 is 2.26 bits per heavy atom. The number of nitriles is 1. The summed E-state index contributed by atoms with van der Waals surface area (Å²) in [5, 5.41) is 14.6. The van der Waals surface area contributed by atoms with Gasteiger partial charge in [0.25, 0.3) is 0 Å². The number of hydrogen-bond donors (Lipinski definition) is 2. The van der Waals surface area contributed by atoms with Crippen molar-refractivity contribution in [2.24, 2.45) is 4.99 Å². The van der Waals surface area contributed by atoms with E-state index >= 15 is 0 Å². The Morgan fingerprint density at radius 1 is 1.04 bits per heavy atom. The first-order valence-corrected chi connectivity index (χ1v) is 8.74. The molecule has 0 radical (unpaired) electrons.